The second-order valence-corrected chi connectivity index (χ2v) is 7.68. The number of esters is 1. The van der Waals surface area contributed by atoms with Gasteiger partial charge in [0.25, 0.3) is 11.6 Å². The van der Waals surface area contributed by atoms with E-state index in [-0.39, 0.29) is 35.6 Å². The van der Waals surface area contributed by atoms with Gasteiger partial charge in [-0.15, -0.1) is 0 Å². The first-order valence-electron chi connectivity index (χ1n) is 9.90. The van der Waals surface area contributed by atoms with Crippen molar-refractivity contribution in [2.24, 2.45) is 0 Å². The van der Waals surface area contributed by atoms with Crippen molar-refractivity contribution in [3.63, 3.8) is 0 Å². The zero-order valence-electron chi connectivity index (χ0n) is 18.3. The number of furan rings is 1. The van der Waals surface area contributed by atoms with Gasteiger partial charge in [-0.25, -0.2) is 4.79 Å². The van der Waals surface area contributed by atoms with Gasteiger partial charge in [0, 0.05) is 30.2 Å². The van der Waals surface area contributed by atoms with Crippen molar-refractivity contribution in [1.82, 2.24) is 4.90 Å². The highest BCUT2D eigenvalue weighted by atomic mass is 35.5. The summed E-state index contributed by atoms with van der Waals surface area (Å²) in [4.78, 5) is 37.0. The van der Waals surface area contributed by atoms with Crippen molar-refractivity contribution in [2.45, 2.75) is 20.0 Å². The quantitative estimate of drug-likeness (QED) is 0.284. The molecule has 3 rings (SSSR count). The number of rotatable bonds is 8. The summed E-state index contributed by atoms with van der Waals surface area (Å²) in [6.45, 7) is 1.97. The Morgan fingerprint density at radius 1 is 1.21 bits per heavy atom. The lowest BCUT2D eigenvalue weighted by Gasteiger charge is -2.16. The first-order chi connectivity index (χ1) is 15.7. The first kappa shape index (κ1) is 23.8. The number of amides is 1. The van der Waals surface area contributed by atoms with E-state index in [1.165, 1.54) is 43.3 Å². The fourth-order valence-electron chi connectivity index (χ4n) is 3.26. The maximum atomic E-state index is 12.9. The molecule has 33 heavy (non-hydrogen) atoms. The number of anilines is 1. The number of benzene rings is 2. The van der Waals surface area contributed by atoms with Crippen LogP contribution in [0.15, 0.2) is 52.9 Å². The molecule has 0 aliphatic rings. The Bertz CT molecular complexity index is 1210. The number of nitro groups is 1. The van der Waals surface area contributed by atoms with Crippen LogP contribution in [0, 0.1) is 17.0 Å². The van der Waals surface area contributed by atoms with Gasteiger partial charge in [-0.1, -0.05) is 29.8 Å². The van der Waals surface area contributed by atoms with Gasteiger partial charge >= 0.3 is 5.97 Å². The lowest BCUT2D eigenvalue weighted by atomic mass is 10.1. The third-order valence-electron chi connectivity index (χ3n) is 4.98. The van der Waals surface area contributed by atoms with Crippen LogP contribution in [0.1, 0.15) is 37.8 Å². The number of aryl methyl sites for hydroxylation is 1. The molecular formula is C23H22ClN3O6. The maximum Gasteiger partial charge on any atom is 0.341 e. The largest absolute Gasteiger partial charge is 0.465 e. The average molecular weight is 472 g/mol. The van der Waals surface area contributed by atoms with Crippen molar-refractivity contribution < 1.29 is 23.7 Å². The molecule has 1 N–H and O–H groups in total. The Balaban J connectivity index is 1.76. The lowest BCUT2D eigenvalue weighted by molar-refractivity contribution is -0.384. The van der Waals surface area contributed by atoms with Gasteiger partial charge in [-0.2, -0.15) is 0 Å². The number of carbonyl (C=O) groups excluding carboxylic acids is 2. The van der Waals surface area contributed by atoms with Crippen LogP contribution in [-0.2, 0) is 17.8 Å². The Hall–Kier alpha value is -3.85. The van der Waals surface area contributed by atoms with Gasteiger partial charge in [0.2, 0.25) is 0 Å². The molecule has 0 fully saturated rings. The van der Waals surface area contributed by atoms with E-state index in [9.17, 15) is 19.7 Å². The van der Waals surface area contributed by atoms with Crippen LogP contribution >= 0.6 is 11.6 Å². The van der Waals surface area contributed by atoms with E-state index >= 15 is 0 Å². The number of carbonyl (C=O) groups is 2. The average Bonchev–Trinajstić information content (AvgIpc) is 3.17. The minimum Gasteiger partial charge on any atom is -0.465 e. The predicted octanol–water partition coefficient (Wildman–Crippen LogP) is 4.82. The number of hydrogen-bond donors (Lipinski definition) is 1. The molecule has 0 aliphatic carbocycles. The predicted molar refractivity (Wildman–Crippen MR) is 122 cm³/mol. The summed E-state index contributed by atoms with van der Waals surface area (Å²) in [5, 5.41) is 15.2. The number of ether oxygens (including phenoxy) is 1. The lowest BCUT2D eigenvalue weighted by Crippen LogP contribution is -2.26. The van der Waals surface area contributed by atoms with Crippen molar-refractivity contribution in [1.29, 1.82) is 0 Å². The summed E-state index contributed by atoms with van der Waals surface area (Å²) in [5.74, 6) is -0.213. The molecule has 2 aromatic carbocycles. The van der Waals surface area contributed by atoms with Crippen molar-refractivity contribution in [3.05, 3.63) is 91.9 Å². The van der Waals surface area contributed by atoms with Gasteiger partial charge in [-0.3, -0.25) is 14.9 Å². The van der Waals surface area contributed by atoms with E-state index < -0.39 is 16.8 Å². The van der Waals surface area contributed by atoms with E-state index in [0.717, 1.165) is 5.56 Å². The van der Waals surface area contributed by atoms with Gasteiger partial charge in [0.15, 0.2) is 0 Å². The van der Waals surface area contributed by atoms with Gasteiger partial charge in [0.1, 0.15) is 22.8 Å². The molecule has 9 nitrogen and oxygen atoms in total. The number of nitrogens with one attached hydrogen (secondary N) is 1. The molecule has 0 saturated carbocycles. The summed E-state index contributed by atoms with van der Waals surface area (Å²) in [7, 11) is 2.80. The second-order valence-electron chi connectivity index (χ2n) is 7.27. The molecule has 0 bridgehead atoms. The van der Waals surface area contributed by atoms with Crippen LogP contribution in [0.3, 0.4) is 0 Å². The van der Waals surface area contributed by atoms with Crippen LogP contribution < -0.4 is 5.32 Å². The number of nitrogens with zero attached hydrogens (tertiary/aromatic N) is 2. The van der Waals surface area contributed by atoms with Crippen LogP contribution in [0.2, 0.25) is 5.02 Å². The fourth-order valence-corrected chi connectivity index (χ4v) is 3.46. The van der Waals surface area contributed by atoms with E-state index in [2.05, 4.69) is 5.32 Å². The third-order valence-corrected chi connectivity index (χ3v) is 5.35. The summed E-state index contributed by atoms with van der Waals surface area (Å²) < 4.78 is 10.2. The minimum atomic E-state index is -0.551. The molecule has 0 atom stereocenters. The monoisotopic (exact) mass is 471 g/mol. The fraction of sp³-hybridized carbons (Fsp3) is 0.217. The summed E-state index contributed by atoms with van der Waals surface area (Å²) >= 11 is 6.14. The molecule has 0 aliphatic heterocycles. The van der Waals surface area contributed by atoms with Crippen LogP contribution in [-0.4, -0.2) is 35.9 Å². The molecule has 0 unspecified atom stereocenters. The van der Waals surface area contributed by atoms with Gasteiger partial charge < -0.3 is 19.4 Å². The Kier molecular flexibility index (Phi) is 7.34. The topological polar surface area (TPSA) is 115 Å². The standard InChI is InChI=1S/C23H22ClN3O6/c1-14-18(23(29)32-3)11-17(33-14)13-26(2)22(28)15-8-9-20(21(10-15)27(30)31)25-12-16-6-4-5-7-19(16)24/h4-11,25H,12-13H2,1-3H3. The van der Waals surface area contributed by atoms with E-state index in [1.807, 2.05) is 12.1 Å². The van der Waals surface area contributed by atoms with Crippen LogP contribution in [0.25, 0.3) is 0 Å². The van der Waals surface area contributed by atoms with Gasteiger partial charge in [0.05, 0.1) is 18.6 Å². The molecule has 3 aromatic rings. The highest BCUT2D eigenvalue weighted by Gasteiger charge is 2.22. The van der Waals surface area contributed by atoms with Crippen LogP contribution in [0.5, 0.6) is 0 Å². The van der Waals surface area contributed by atoms with Crippen molar-refractivity contribution >= 4 is 34.9 Å². The van der Waals surface area contributed by atoms with Crippen LogP contribution in [0.4, 0.5) is 11.4 Å². The smallest absolute Gasteiger partial charge is 0.341 e. The second kappa shape index (κ2) is 10.2. The molecule has 0 radical (unpaired) electrons. The summed E-state index contributed by atoms with van der Waals surface area (Å²) in [5.41, 5.74) is 1.24. The number of methoxy groups -OCH3 is 1. The maximum absolute atomic E-state index is 12.9. The zero-order valence-corrected chi connectivity index (χ0v) is 19.0. The molecule has 1 amide bonds. The SMILES string of the molecule is COC(=O)c1cc(CN(C)C(=O)c2ccc(NCc3ccccc3Cl)c([N+](=O)[O-])c2)oc1C. The van der Waals surface area contributed by atoms with Gasteiger partial charge in [-0.05, 0) is 36.8 Å². The summed E-state index contributed by atoms with van der Waals surface area (Å²) in [6.07, 6.45) is 0. The van der Waals surface area contributed by atoms with E-state index in [4.69, 9.17) is 20.8 Å². The molecule has 10 heteroatoms. The first-order valence-corrected chi connectivity index (χ1v) is 10.3. The Morgan fingerprint density at radius 2 is 1.94 bits per heavy atom. The molecule has 0 spiro atoms. The number of halogens is 1. The Morgan fingerprint density at radius 3 is 2.61 bits per heavy atom. The number of nitro benzene ring substituents is 1. The van der Waals surface area contributed by atoms with E-state index in [0.29, 0.717) is 16.5 Å². The summed E-state index contributed by atoms with van der Waals surface area (Å²) in [6, 6.07) is 12.9. The Labute approximate surface area is 195 Å². The number of hydrogen-bond acceptors (Lipinski definition) is 7. The van der Waals surface area contributed by atoms with E-state index in [1.54, 1.807) is 19.1 Å². The van der Waals surface area contributed by atoms with Crippen molar-refractivity contribution in [2.75, 3.05) is 19.5 Å². The normalized spacial score (nSPS) is 10.5. The molecule has 0 saturated heterocycles. The minimum absolute atomic E-state index is 0.0664. The molecule has 1 heterocycles. The highest BCUT2D eigenvalue weighted by molar-refractivity contribution is 6.31. The highest BCUT2D eigenvalue weighted by Crippen LogP contribution is 2.28. The zero-order chi connectivity index (χ0) is 24.1. The molecular weight excluding hydrogens is 450 g/mol. The third kappa shape index (κ3) is 5.50. The van der Waals surface area contributed by atoms with Crippen molar-refractivity contribution in [3.8, 4) is 0 Å². The molecule has 1 aromatic heterocycles. The molecule has 172 valence electrons.